The summed E-state index contributed by atoms with van der Waals surface area (Å²) in [6.07, 6.45) is 4.12. The fourth-order valence-electron chi connectivity index (χ4n) is 3.43. The molecule has 0 aromatic heterocycles. The number of halogens is 1. The van der Waals surface area contributed by atoms with Crippen LogP contribution in [0, 0.1) is 11.7 Å². The minimum Gasteiger partial charge on any atom is -0.322 e. The van der Waals surface area contributed by atoms with Crippen molar-refractivity contribution in [3.8, 4) is 0 Å². The molecule has 2 aromatic carbocycles. The van der Waals surface area contributed by atoms with Gasteiger partial charge in [-0.3, -0.25) is 4.79 Å². The van der Waals surface area contributed by atoms with E-state index in [0.717, 1.165) is 25.7 Å². The van der Waals surface area contributed by atoms with Crippen LogP contribution in [-0.4, -0.2) is 5.91 Å². The van der Waals surface area contributed by atoms with Gasteiger partial charge in [-0.1, -0.05) is 36.9 Å². The monoisotopic (exact) mass is 323 g/mol. The van der Waals surface area contributed by atoms with Crippen molar-refractivity contribution in [1.29, 1.82) is 0 Å². The second-order valence-electron chi connectivity index (χ2n) is 6.45. The number of anilines is 1. The van der Waals surface area contributed by atoms with Crippen molar-refractivity contribution < 1.29 is 9.18 Å². The molecule has 0 saturated heterocycles. The average Bonchev–Trinajstić information content (AvgIpc) is 2.64. The second kappa shape index (κ2) is 7.43. The third-order valence-corrected chi connectivity index (χ3v) is 4.88. The maximum atomic E-state index is 12.9. The smallest absolute Gasteiger partial charge is 0.251 e. The molecule has 1 fully saturated rings. The highest BCUT2D eigenvalue weighted by molar-refractivity contribution is 6.03. The first-order valence-electron chi connectivity index (χ1n) is 8.44. The number of rotatable bonds is 4. The molecular formula is C21H22FNO. The van der Waals surface area contributed by atoms with Gasteiger partial charge < -0.3 is 5.32 Å². The van der Waals surface area contributed by atoms with E-state index < -0.39 is 0 Å². The fraction of sp³-hybridized carbons (Fsp3) is 0.286. The Morgan fingerprint density at radius 2 is 1.58 bits per heavy atom. The highest BCUT2D eigenvalue weighted by Gasteiger charge is 2.26. The lowest BCUT2D eigenvalue weighted by Crippen LogP contribution is -2.23. The van der Waals surface area contributed by atoms with Gasteiger partial charge in [0.05, 0.1) is 0 Å². The fourth-order valence-corrected chi connectivity index (χ4v) is 3.43. The van der Waals surface area contributed by atoms with Gasteiger partial charge in [0.15, 0.2) is 0 Å². The van der Waals surface area contributed by atoms with E-state index in [1.54, 1.807) is 12.1 Å². The van der Waals surface area contributed by atoms with Gasteiger partial charge in [-0.25, -0.2) is 4.39 Å². The summed E-state index contributed by atoms with van der Waals surface area (Å²) < 4.78 is 12.9. The number of amides is 1. The number of hydrogen-bond donors (Lipinski definition) is 1. The molecule has 1 N–H and O–H groups in total. The highest BCUT2D eigenvalue weighted by atomic mass is 19.1. The molecule has 3 rings (SSSR count). The Morgan fingerprint density at radius 1 is 0.958 bits per heavy atom. The van der Waals surface area contributed by atoms with Crippen molar-refractivity contribution in [1.82, 2.24) is 0 Å². The number of benzene rings is 2. The molecule has 124 valence electrons. The molecule has 3 heteroatoms. The molecule has 1 saturated carbocycles. The molecule has 0 aliphatic heterocycles. The molecule has 1 aliphatic rings. The quantitative estimate of drug-likeness (QED) is 0.761. The van der Waals surface area contributed by atoms with Gasteiger partial charge in [-0.2, -0.15) is 0 Å². The van der Waals surface area contributed by atoms with Crippen molar-refractivity contribution in [2.24, 2.45) is 5.92 Å². The number of carbonyl (C=O) groups excluding carboxylic acids is 1. The van der Waals surface area contributed by atoms with Crippen LogP contribution < -0.4 is 5.32 Å². The third-order valence-electron chi connectivity index (χ3n) is 4.88. The van der Waals surface area contributed by atoms with Crippen LogP contribution in [0.15, 0.2) is 66.7 Å². The van der Waals surface area contributed by atoms with E-state index in [-0.39, 0.29) is 17.6 Å². The van der Waals surface area contributed by atoms with Crippen LogP contribution in [-0.2, 0) is 4.79 Å². The Morgan fingerprint density at radius 3 is 2.21 bits per heavy atom. The molecule has 2 nitrogen and oxygen atoms in total. The maximum Gasteiger partial charge on any atom is 0.251 e. The van der Waals surface area contributed by atoms with E-state index in [1.165, 1.54) is 17.7 Å². The summed E-state index contributed by atoms with van der Waals surface area (Å²) in [7, 11) is 0. The Balaban J connectivity index is 1.54. The van der Waals surface area contributed by atoms with Gasteiger partial charge in [0, 0.05) is 11.3 Å². The first-order valence-corrected chi connectivity index (χ1v) is 8.44. The maximum absolute atomic E-state index is 12.9. The molecule has 1 aliphatic carbocycles. The van der Waals surface area contributed by atoms with Crippen molar-refractivity contribution >= 4 is 11.6 Å². The van der Waals surface area contributed by atoms with Crippen LogP contribution in [0.25, 0.3) is 0 Å². The summed E-state index contributed by atoms with van der Waals surface area (Å²) >= 11 is 0. The van der Waals surface area contributed by atoms with E-state index >= 15 is 0 Å². The molecular weight excluding hydrogens is 301 g/mol. The molecule has 0 atom stereocenters. The van der Waals surface area contributed by atoms with Crippen LogP contribution in [0.3, 0.4) is 0 Å². The summed E-state index contributed by atoms with van der Waals surface area (Å²) in [6, 6.07) is 16.4. The number of nitrogens with one attached hydrogen (secondary N) is 1. The molecule has 24 heavy (non-hydrogen) atoms. The second-order valence-corrected chi connectivity index (χ2v) is 6.45. The van der Waals surface area contributed by atoms with Crippen LogP contribution in [0.5, 0.6) is 0 Å². The van der Waals surface area contributed by atoms with E-state index in [0.29, 0.717) is 17.2 Å². The highest BCUT2D eigenvalue weighted by Crippen LogP contribution is 2.38. The summed E-state index contributed by atoms with van der Waals surface area (Å²) in [5, 5.41) is 2.80. The number of carbonyl (C=O) groups is 1. The van der Waals surface area contributed by atoms with Gasteiger partial charge in [-0.15, -0.1) is 0 Å². The van der Waals surface area contributed by atoms with Gasteiger partial charge in [0.2, 0.25) is 0 Å². The molecule has 0 unspecified atom stereocenters. The topological polar surface area (TPSA) is 29.1 Å². The van der Waals surface area contributed by atoms with Crippen molar-refractivity contribution in [2.45, 2.75) is 31.6 Å². The van der Waals surface area contributed by atoms with Gasteiger partial charge in [0.1, 0.15) is 5.82 Å². The average molecular weight is 323 g/mol. The van der Waals surface area contributed by atoms with E-state index in [1.807, 2.05) is 6.07 Å². The SMILES string of the molecule is C=C(C(=O)Nc1ccc(F)cc1)C1CCC(c2ccccc2)CC1. The first-order chi connectivity index (χ1) is 11.6. The van der Waals surface area contributed by atoms with Crippen molar-refractivity contribution in [2.75, 3.05) is 5.32 Å². The molecule has 0 heterocycles. The predicted molar refractivity (Wildman–Crippen MR) is 95.3 cm³/mol. The summed E-state index contributed by atoms with van der Waals surface area (Å²) in [5.41, 5.74) is 2.61. The lowest BCUT2D eigenvalue weighted by atomic mass is 9.76. The van der Waals surface area contributed by atoms with E-state index in [9.17, 15) is 9.18 Å². The van der Waals surface area contributed by atoms with E-state index in [4.69, 9.17) is 0 Å². The summed E-state index contributed by atoms with van der Waals surface area (Å²) in [6.45, 7) is 4.00. The minimum absolute atomic E-state index is 0.162. The minimum atomic E-state index is -0.314. The molecule has 0 radical (unpaired) electrons. The first kappa shape index (κ1) is 16.4. The van der Waals surface area contributed by atoms with Crippen LogP contribution >= 0.6 is 0 Å². The zero-order valence-corrected chi connectivity index (χ0v) is 13.7. The molecule has 0 bridgehead atoms. The largest absolute Gasteiger partial charge is 0.322 e. The van der Waals surface area contributed by atoms with Crippen LogP contribution in [0.4, 0.5) is 10.1 Å². The Labute approximate surface area is 142 Å². The number of hydrogen-bond acceptors (Lipinski definition) is 1. The Hall–Kier alpha value is -2.42. The van der Waals surface area contributed by atoms with Crippen molar-refractivity contribution in [3.05, 3.63) is 78.1 Å². The molecule has 0 spiro atoms. The van der Waals surface area contributed by atoms with E-state index in [2.05, 4.69) is 36.2 Å². The normalized spacial score (nSPS) is 20.4. The van der Waals surface area contributed by atoms with Crippen molar-refractivity contribution in [3.63, 3.8) is 0 Å². The lowest BCUT2D eigenvalue weighted by molar-refractivity contribution is -0.113. The Kier molecular flexibility index (Phi) is 5.09. The zero-order chi connectivity index (χ0) is 16.9. The summed E-state index contributed by atoms with van der Waals surface area (Å²) in [5.74, 6) is 0.330. The summed E-state index contributed by atoms with van der Waals surface area (Å²) in [4.78, 5) is 12.3. The zero-order valence-electron chi connectivity index (χ0n) is 13.7. The predicted octanol–water partition coefficient (Wildman–Crippen LogP) is 5.29. The van der Waals surface area contributed by atoms with Gasteiger partial charge in [-0.05, 0) is 67.3 Å². The molecule has 2 aromatic rings. The Bertz CT molecular complexity index is 700. The third kappa shape index (κ3) is 3.91. The van der Waals surface area contributed by atoms with Crippen LogP contribution in [0.2, 0.25) is 0 Å². The standard InChI is InChI=1S/C21H22FNO/c1-15(21(24)23-20-13-11-19(22)12-14-20)16-7-9-18(10-8-16)17-5-3-2-4-6-17/h2-6,11-14,16,18H,1,7-10H2,(H,23,24). The molecule has 1 amide bonds. The van der Waals surface area contributed by atoms with Gasteiger partial charge >= 0.3 is 0 Å². The van der Waals surface area contributed by atoms with Crippen LogP contribution in [0.1, 0.15) is 37.2 Å². The van der Waals surface area contributed by atoms with Gasteiger partial charge in [0.25, 0.3) is 5.91 Å². The lowest BCUT2D eigenvalue weighted by Gasteiger charge is -2.29.